The summed E-state index contributed by atoms with van der Waals surface area (Å²) in [5.74, 6) is 0.387. The molecule has 4 atom stereocenters. The Morgan fingerprint density at radius 2 is 1.96 bits per heavy atom. The lowest BCUT2D eigenvalue weighted by Crippen LogP contribution is -2.57. The summed E-state index contributed by atoms with van der Waals surface area (Å²) in [6.07, 6.45) is 3.43. The monoisotopic (exact) mass is 359 g/mol. The smallest absolute Gasteiger partial charge is 0.238 e. The highest BCUT2D eigenvalue weighted by molar-refractivity contribution is 5.82. The minimum atomic E-state index is -0.122. The second-order valence-corrected chi connectivity index (χ2v) is 8.31. The van der Waals surface area contributed by atoms with E-state index in [1.165, 1.54) is 11.1 Å². The largest absolute Gasteiger partial charge is 0.399 e. The van der Waals surface area contributed by atoms with E-state index < -0.39 is 0 Å². The average molecular weight is 360 g/mol. The van der Waals surface area contributed by atoms with Crippen molar-refractivity contribution in [1.29, 1.82) is 0 Å². The number of hydrogen-bond donors (Lipinski definition) is 2. The standard InChI is InChI=1S/C21H33N3O2/c1-13(2)20(24-11-14(3)26-15(4)12-24)21(25)23-19-7-5-6-16-10-17(22)8-9-18(16)19/h8-10,13-15,19-20H,5-7,11-12,22H2,1-4H3,(H,23,25). The Hall–Kier alpha value is -1.59. The first-order valence-corrected chi connectivity index (χ1v) is 9.93. The first-order valence-electron chi connectivity index (χ1n) is 9.93. The van der Waals surface area contributed by atoms with Crippen molar-refractivity contribution in [2.24, 2.45) is 5.92 Å². The number of nitrogens with one attached hydrogen (secondary N) is 1. The van der Waals surface area contributed by atoms with Crippen molar-refractivity contribution in [3.63, 3.8) is 0 Å². The molecule has 3 N–H and O–H groups in total. The molecule has 144 valence electrons. The minimum Gasteiger partial charge on any atom is -0.399 e. The summed E-state index contributed by atoms with van der Waals surface area (Å²) in [5.41, 5.74) is 9.23. The van der Waals surface area contributed by atoms with E-state index in [2.05, 4.69) is 50.0 Å². The van der Waals surface area contributed by atoms with Gasteiger partial charge in [0.1, 0.15) is 0 Å². The van der Waals surface area contributed by atoms with Crippen LogP contribution in [0.4, 0.5) is 5.69 Å². The molecule has 5 heteroatoms. The van der Waals surface area contributed by atoms with Gasteiger partial charge in [0.05, 0.1) is 24.3 Å². The predicted octanol–water partition coefficient (Wildman–Crippen LogP) is 2.90. The van der Waals surface area contributed by atoms with Crippen LogP contribution in [-0.2, 0) is 16.0 Å². The van der Waals surface area contributed by atoms with Crippen molar-refractivity contribution in [3.8, 4) is 0 Å². The molecule has 0 spiro atoms. The van der Waals surface area contributed by atoms with Crippen LogP contribution in [0.2, 0.25) is 0 Å². The van der Waals surface area contributed by atoms with Gasteiger partial charge in [-0.1, -0.05) is 19.9 Å². The zero-order valence-electron chi connectivity index (χ0n) is 16.5. The fourth-order valence-electron chi connectivity index (χ4n) is 4.58. The number of ether oxygens (including phenoxy) is 1. The van der Waals surface area contributed by atoms with Crippen LogP contribution in [-0.4, -0.2) is 42.1 Å². The molecule has 4 unspecified atom stereocenters. The summed E-state index contributed by atoms with van der Waals surface area (Å²) in [6, 6.07) is 6.04. The molecule has 1 heterocycles. The number of rotatable bonds is 4. The first-order chi connectivity index (χ1) is 12.3. The van der Waals surface area contributed by atoms with Gasteiger partial charge in [-0.2, -0.15) is 0 Å². The molecule has 0 saturated carbocycles. The number of fused-ring (bicyclic) bond motifs is 1. The van der Waals surface area contributed by atoms with Crippen LogP contribution in [0.25, 0.3) is 0 Å². The molecular formula is C21H33N3O2. The van der Waals surface area contributed by atoms with E-state index >= 15 is 0 Å². The van der Waals surface area contributed by atoms with E-state index in [0.29, 0.717) is 0 Å². The van der Waals surface area contributed by atoms with Gasteiger partial charge in [0.2, 0.25) is 5.91 Å². The van der Waals surface area contributed by atoms with E-state index in [4.69, 9.17) is 10.5 Å². The van der Waals surface area contributed by atoms with Crippen LogP contribution in [0.5, 0.6) is 0 Å². The average Bonchev–Trinajstić information content (AvgIpc) is 2.53. The second-order valence-electron chi connectivity index (χ2n) is 8.31. The molecule has 1 aromatic rings. The van der Waals surface area contributed by atoms with Crippen molar-refractivity contribution >= 4 is 11.6 Å². The highest BCUT2D eigenvalue weighted by atomic mass is 16.5. The SMILES string of the molecule is CC1CN(C(C(=O)NC2CCCc3cc(N)ccc32)C(C)C)CC(C)O1. The summed E-state index contributed by atoms with van der Waals surface area (Å²) in [4.78, 5) is 15.5. The molecule has 26 heavy (non-hydrogen) atoms. The van der Waals surface area contributed by atoms with Gasteiger partial charge in [-0.25, -0.2) is 0 Å². The maximum absolute atomic E-state index is 13.2. The molecule has 1 fully saturated rings. The molecule has 1 saturated heterocycles. The molecule has 1 aliphatic heterocycles. The van der Waals surface area contributed by atoms with Crippen molar-refractivity contribution in [1.82, 2.24) is 10.2 Å². The zero-order valence-corrected chi connectivity index (χ0v) is 16.5. The zero-order chi connectivity index (χ0) is 18.8. The second kappa shape index (κ2) is 7.97. The Kier molecular flexibility index (Phi) is 5.88. The topological polar surface area (TPSA) is 67.6 Å². The number of amides is 1. The summed E-state index contributed by atoms with van der Waals surface area (Å²) in [7, 11) is 0. The lowest BCUT2D eigenvalue weighted by atomic mass is 9.87. The number of nitrogens with zero attached hydrogens (tertiary/aromatic N) is 1. The molecule has 5 nitrogen and oxygen atoms in total. The number of carbonyl (C=O) groups excluding carboxylic acids is 1. The Morgan fingerprint density at radius 3 is 2.62 bits per heavy atom. The van der Waals surface area contributed by atoms with Gasteiger partial charge in [-0.3, -0.25) is 9.69 Å². The van der Waals surface area contributed by atoms with Crippen LogP contribution in [0, 0.1) is 5.92 Å². The number of morpholine rings is 1. The Labute approximate surface area is 157 Å². The molecule has 0 radical (unpaired) electrons. The van der Waals surface area contributed by atoms with E-state index in [0.717, 1.165) is 38.0 Å². The third-order valence-electron chi connectivity index (χ3n) is 5.54. The number of benzene rings is 1. The van der Waals surface area contributed by atoms with Gasteiger partial charge in [0.15, 0.2) is 0 Å². The molecule has 1 aromatic carbocycles. The van der Waals surface area contributed by atoms with Crippen molar-refractivity contribution in [2.75, 3.05) is 18.8 Å². The summed E-state index contributed by atoms with van der Waals surface area (Å²) < 4.78 is 5.85. The maximum atomic E-state index is 13.2. The Bertz CT molecular complexity index is 636. The van der Waals surface area contributed by atoms with Crippen LogP contribution in [0.15, 0.2) is 18.2 Å². The summed E-state index contributed by atoms with van der Waals surface area (Å²) in [6.45, 7) is 10.0. The first kappa shape index (κ1) is 19.2. The third kappa shape index (κ3) is 4.21. The molecule has 1 amide bonds. The number of nitrogens with two attached hydrogens (primary N) is 1. The van der Waals surface area contributed by atoms with Gasteiger partial charge in [-0.15, -0.1) is 0 Å². The van der Waals surface area contributed by atoms with E-state index in [1.807, 2.05) is 6.07 Å². The lowest BCUT2D eigenvalue weighted by molar-refractivity contribution is -0.136. The normalized spacial score (nSPS) is 27.8. The fraction of sp³-hybridized carbons (Fsp3) is 0.667. The van der Waals surface area contributed by atoms with E-state index in [1.54, 1.807) is 0 Å². The Morgan fingerprint density at radius 1 is 1.27 bits per heavy atom. The highest BCUT2D eigenvalue weighted by Crippen LogP contribution is 2.31. The molecular weight excluding hydrogens is 326 g/mol. The van der Waals surface area contributed by atoms with Crippen molar-refractivity contribution in [2.45, 2.75) is 71.2 Å². The van der Waals surface area contributed by atoms with Gasteiger partial charge < -0.3 is 15.8 Å². The summed E-state index contributed by atoms with van der Waals surface area (Å²) >= 11 is 0. The number of anilines is 1. The predicted molar refractivity (Wildman–Crippen MR) is 105 cm³/mol. The number of carbonyl (C=O) groups is 1. The van der Waals surface area contributed by atoms with E-state index in [-0.39, 0.29) is 36.1 Å². The number of hydrogen-bond acceptors (Lipinski definition) is 4. The molecule has 2 aliphatic rings. The van der Waals surface area contributed by atoms with E-state index in [9.17, 15) is 4.79 Å². The third-order valence-corrected chi connectivity index (χ3v) is 5.54. The van der Waals surface area contributed by atoms with Crippen LogP contribution in [0.1, 0.15) is 57.7 Å². The fourth-order valence-corrected chi connectivity index (χ4v) is 4.58. The summed E-state index contributed by atoms with van der Waals surface area (Å²) in [5, 5.41) is 3.34. The van der Waals surface area contributed by atoms with Gasteiger partial charge in [-0.05, 0) is 62.3 Å². The molecule has 0 aromatic heterocycles. The molecule has 1 aliphatic carbocycles. The van der Waals surface area contributed by atoms with Gasteiger partial charge in [0.25, 0.3) is 0 Å². The number of aryl methyl sites for hydroxylation is 1. The van der Waals surface area contributed by atoms with Crippen LogP contribution >= 0.6 is 0 Å². The highest BCUT2D eigenvalue weighted by Gasteiger charge is 2.35. The molecule has 0 bridgehead atoms. The minimum absolute atomic E-state index is 0.0870. The number of nitrogen functional groups attached to an aromatic ring is 1. The van der Waals surface area contributed by atoms with Gasteiger partial charge in [0, 0.05) is 18.8 Å². The van der Waals surface area contributed by atoms with Crippen molar-refractivity contribution in [3.05, 3.63) is 29.3 Å². The Balaban J connectivity index is 1.75. The van der Waals surface area contributed by atoms with Crippen LogP contribution < -0.4 is 11.1 Å². The lowest BCUT2D eigenvalue weighted by Gasteiger charge is -2.41. The van der Waals surface area contributed by atoms with Crippen molar-refractivity contribution < 1.29 is 9.53 Å². The van der Waals surface area contributed by atoms with Crippen LogP contribution in [0.3, 0.4) is 0 Å². The molecule has 3 rings (SSSR count). The quantitative estimate of drug-likeness (QED) is 0.811. The maximum Gasteiger partial charge on any atom is 0.238 e. The van der Waals surface area contributed by atoms with Gasteiger partial charge >= 0.3 is 0 Å².